The molecule has 2 unspecified atom stereocenters. The standard InChI is InChI=1S/C10H14N2/c1-2-4-9(7-11)10-5-3-6-12-8-10/h1,9-10,12H,3-6,8H2. The maximum atomic E-state index is 8.84. The Balaban J connectivity index is 2.43. The van der Waals surface area contributed by atoms with E-state index in [9.17, 15) is 0 Å². The fourth-order valence-electron chi connectivity index (χ4n) is 1.67. The van der Waals surface area contributed by atoms with Crippen LogP contribution in [-0.4, -0.2) is 13.1 Å². The monoisotopic (exact) mass is 162 g/mol. The SMILES string of the molecule is C#CCC(C#N)C1CCCNC1. The molecule has 0 aromatic carbocycles. The molecule has 1 heterocycles. The van der Waals surface area contributed by atoms with Gasteiger partial charge in [-0.1, -0.05) is 0 Å². The number of hydrogen-bond acceptors (Lipinski definition) is 2. The van der Waals surface area contributed by atoms with E-state index >= 15 is 0 Å². The first-order valence-corrected chi connectivity index (χ1v) is 4.42. The number of terminal acetylenes is 1. The highest BCUT2D eigenvalue weighted by atomic mass is 14.9. The van der Waals surface area contributed by atoms with Crippen LogP contribution in [0.25, 0.3) is 0 Å². The summed E-state index contributed by atoms with van der Waals surface area (Å²) in [5.41, 5.74) is 0. The average Bonchev–Trinajstić information content (AvgIpc) is 2.15. The second kappa shape index (κ2) is 4.80. The van der Waals surface area contributed by atoms with E-state index in [1.165, 1.54) is 6.42 Å². The van der Waals surface area contributed by atoms with Gasteiger partial charge in [0.25, 0.3) is 0 Å². The summed E-state index contributed by atoms with van der Waals surface area (Å²) < 4.78 is 0. The van der Waals surface area contributed by atoms with Gasteiger partial charge in [0.2, 0.25) is 0 Å². The molecule has 1 N–H and O–H groups in total. The number of piperidine rings is 1. The second-order valence-electron chi connectivity index (χ2n) is 3.25. The van der Waals surface area contributed by atoms with Crippen molar-refractivity contribution in [1.82, 2.24) is 5.32 Å². The summed E-state index contributed by atoms with van der Waals surface area (Å²) in [7, 11) is 0. The van der Waals surface area contributed by atoms with Crippen LogP contribution < -0.4 is 5.32 Å². The molecule has 2 atom stereocenters. The van der Waals surface area contributed by atoms with Gasteiger partial charge in [-0.2, -0.15) is 5.26 Å². The number of rotatable bonds is 2. The lowest BCUT2D eigenvalue weighted by Crippen LogP contribution is -2.33. The van der Waals surface area contributed by atoms with Gasteiger partial charge in [0, 0.05) is 6.42 Å². The topological polar surface area (TPSA) is 35.8 Å². The van der Waals surface area contributed by atoms with Crippen LogP contribution in [0.4, 0.5) is 0 Å². The van der Waals surface area contributed by atoms with Gasteiger partial charge in [-0.15, -0.1) is 12.3 Å². The van der Waals surface area contributed by atoms with Crippen molar-refractivity contribution in [3.8, 4) is 18.4 Å². The molecule has 2 heteroatoms. The Morgan fingerprint density at radius 1 is 1.67 bits per heavy atom. The van der Waals surface area contributed by atoms with Gasteiger partial charge in [-0.3, -0.25) is 0 Å². The predicted octanol–water partition coefficient (Wildman–Crippen LogP) is 1.15. The van der Waals surface area contributed by atoms with Crippen LogP contribution >= 0.6 is 0 Å². The summed E-state index contributed by atoms with van der Waals surface area (Å²) in [6, 6.07) is 2.29. The van der Waals surface area contributed by atoms with Crippen LogP contribution in [0.3, 0.4) is 0 Å². The minimum Gasteiger partial charge on any atom is -0.316 e. The zero-order chi connectivity index (χ0) is 8.81. The number of nitrogens with zero attached hydrogens (tertiary/aromatic N) is 1. The Hall–Kier alpha value is -0.990. The Bertz CT molecular complexity index is 203. The highest BCUT2D eigenvalue weighted by Crippen LogP contribution is 2.21. The lowest BCUT2D eigenvalue weighted by molar-refractivity contribution is 0.312. The van der Waals surface area contributed by atoms with E-state index < -0.39 is 0 Å². The summed E-state index contributed by atoms with van der Waals surface area (Å²) >= 11 is 0. The lowest BCUT2D eigenvalue weighted by atomic mass is 9.85. The van der Waals surface area contributed by atoms with E-state index in [1.807, 2.05) is 0 Å². The Labute approximate surface area is 74.0 Å². The second-order valence-corrected chi connectivity index (χ2v) is 3.25. The van der Waals surface area contributed by atoms with Crippen LogP contribution in [0.1, 0.15) is 19.3 Å². The van der Waals surface area contributed by atoms with Crippen molar-refractivity contribution >= 4 is 0 Å². The third kappa shape index (κ3) is 2.26. The van der Waals surface area contributed by atoms with Crippen molar-refractivity contribution in [2.75, 3.05) is 13.1 Å². The van der Waals surface area contributed by atoms with Gasteiger partial charge < -0.3 is 5.32 Å². The van der Waals surface area contributed by atoms with Crippen molar-refractivity contribution in [3.63, 3.8) is 0 Å². The molecule has 0 radical (unpaired) electrons. The fraction of sp³-hybridized carbons (Fsp3) is 0.700. The van der Waals surface area contributed by atoms with Gasteiger partial charge >= 0.3 is 0 Å². The average molecular weight is 162 g/mol. The fourth-order valence-corrected chi connectivity index (χ4v) is 1.67. The van der Waals surface area contributed by atoms with E-state index in [0.717, 1.165) is 19.5 Å². The van der Waals surface area contributed by atoms with Gasteiger partial charge in [0.05, 0.1) is 12.0 Å². The molecule has 12 heavy (non-hydrogen) atoms. The van der Waals surface area contributed by atoms with E-state index in [1.54, 1.807) is 0 Å². The van der Waals surface area contributed by atoms with Crippen LogP contribution in [-0.2, 0) is 0 Å². The van der Waals surface area contributed by atoms with Crippen LogP contribution in [0, 0.1) is 35.5 Å². The van der Waals surface area contributed by atoms with E-state index in [0.29, 0.717) is 12.3 Å². The summed E-state index contributed by atoms with van der Waals surface area (Å²) in [4.78, 5) is 0. The number of nitrogens with one attached hydrogen (secondary N) is 1. The first-order valence-electron chi connectivity index (χ1n) is 4.42. The number of hydrogen-bond donors (Lipinski definition) is 1. The van der Waals surface area contributed by atoms with Crippen LogP contribution in [0.5, 0.6) is 0 Å². The van der Waals surface area contributed by atoms with Crippen molar-refractivity contribution in [3.05, 3.63) is 0 Å². The highest BCUT2D eigenvalue weighted by molar-refractivity contribution is 4.99. The molecule has 1 rings (SSSR count). The predicted molar refractivity (Wildman–Crippen MR) is 48.1 cm³/mol. The molecule has 0 aromatic heterocycles. The zero-order valence-corrected chi connectivity index (χ0v) is 7.21. The maximum Gasteiger partial charge on any atom is 0.0669 e. The molecular formula is C10H14N2. The molecule has 1 fully saturated rings. The molecule has 2 nitrogen and oxygen atoms in total. The van der Waals surface area contributed by atoms with E-state index in [-0.39, 0.29) is 5.92 Å². The van der Waals surface area contributed by atoms with Crippen LogP contribution in [0.15, 0.2) is 0 Å². The van der Waals surface area contributed by atoms with Gasteiger partial charge in [0.1, 0.15) is 0 Å². The third-order valence-corrected chi connectivity index (χ3v) is 2.41. The van der Waals surface area contributed by atoms with Gasteiger partial charge in [0.15, 0.2) is 0 Å². The van der Waals surface area contributed by atoms with Crippen molar-refractivity contribution < 1.29 is 0 Å². The minimum absolute atomic E-state index is 0.0581. The van der Waals surface area contributed by atoms with Gasteiger partial charge in [-0.05, 0) is 31.8 Å². The summed E-state index contributed by atoms with van der Waals surface area (Å²) in [5.74, 6) is 3.10. The highest BCUT2D eigenvalue weighted by Gasteiger charge is 2.22. The first kappa shape index (κ1) is 9.10. The molecule has 1 aliphatic rings. The molecule has 0 aromatic rings. The normalized spacial score (nSPS) is 25.3. The van der Waals surface area contributed by atoms with Gasteiger partial charge in [-0.25, -0.2) is 0 Å². The maximum absolute atomic E-state index is 8.84. The molecule has 0 spiro atoms. The molecule has 1 aliphatic heterocycles. The first-order chi connectivity index (χ1) is 5.88. The third-order valence-electron chi connectivity index (χ3n) is 2.41. The largest absolute Gasteiger partial charge is 0.316 e. The molecule has 1 saturated heterocycles. The minimum atomic E-state index is 0.0581. The Morgan fingerprint density at radius 2 is 2.50 bits per heavy atom. The molecule has 0 bridgehead atoms. The number of nitriles is 1. The lowest BCUT2D eigenvalue weighted by Gasteiger charge is -2.25. The molecule has 64 valence electrons. The summed E-state index contributed by atoms with van der Waals surface area (Å²) in [5, 5.41) is 12.1. The zero-order valence-electron chi connectivity index (χ0n) is 7.21. The molecule has 0 amide bonds. The smallest absolute Gasteiger partial charge is 0.0669 e. The summed E-state index contributed by atoms with van der Waals surface area (Å²) in [6.45, 7) is 2.05. The van der Waals surface area contributed by atoms with E-state index in [2.05, 4.69) is 17.3 Å². The van der Waals surface area contributed by atoms with Crippen molar-refractivity contribution in [2.45, 2.75) is 19.3 Å². The van der Waals surface area contributed by atoms with E-state index in [4.69, 9.17) is 11.7 Å². The Kier molecular flexibility index (Phi) is 3.64. The molecule has 0 aliphatic carbocycles. The quantitative estimate of drug-likeness (QED) is 0.618. The van der Waals surface area contributed by atoms with Crippen molar-refractivity contribution in [2.24, 2.45) is 11.8 Å². The summed E-state index contributed by atoms with van der Waals surface area (Å²) in [6.07, 6.45) is 8.11. The molecule has 0 saturated carbocycles. The van der Waals surface area contributed by atoms with Crippen LogP contribution in [0.2, 0.25) is 0 Å². The van der Waals surface area contributed by atoms with Crippen molar-refractivity contribution in [1.29, 1.82) is 5.26 Å². The Morgan fingerprint density at radius 3 is 3.00 bits per heavy atom. The molecular weight excluding hydrogens is 148 g/mol.